The first-order chi connectivity index (χ1) is 7.37. The van der Waals surface area contributed by atoms with Gasteiger partial charge in [-0.25, -0.2) is 0 Å². The molecule has 0 unspecified atom stereocenters. The van der Waals surface area contributed by atoms with Gasteiger partial charge in [-0.2, -0.15) is 0 Å². The van der Waals surface area contributed by atoms with Gasteiger partial charge < -0.3 is 10.5 Å². The molecule has 4 nitrogen and oxygen atoms in total. The number of allylic oxidation sites excluding steroid dienone is 2. The SMILES string of the molecule is C=CCOC(=O)[C@@H](N)C(C)(C)C(=O)C=CC. The van der Waals surface area contributed by atoms with Crippen LogP contribution in [-0.2, 0) is 14.3 Å². The van der Waals surface area contributed by atoms with Gasteiger partial charge in [-0.15, -0.1) is 0 Å². The van der Waals surface area contributed by atoms with Crippen molar-refractivity contribution in [3.63, 3.8) is 0 Å². The summed E-state index contributed by atoms with van der Waals surface area (Å²) in [5, 5.41) is 0. The van der Waals surface area contributed by atoms with Crippen LogP contribution >= 0.6 is 0 Å². The number of hydrogen-bond donors (Lipinski definition) is 1. The maximum absolute atomic E-state index is 11.7. The molecular formula is C12H19NO3. The Kier molecular flexibility index (Phi) is 5.67. The van der Waals surface area contributed by atoms with Gasteiger partial charge in [0.25, 0.3) is 0 Å². The number of hydrogen-bond acceptors (Lipinski definition) is 4. The molecule has 0 radical (unpaired) electrons. The van der Waals surface area contributed by atoms with Crippen molar-refractivity contribution in [1.82, 2.24) is 0 Å². The molecule has 0 aromatic carbocycles. The van der Waals surface area contributed by atoms with Crippen LogP contribution in [0.2, 0.25) is 0 Å². The molecule has 0 spiro atoms. The van der Waals surface area contributed by atoms with Gasteiger partial charge in [-0.05, 0) is 13.0 Å². The Balaban J connectivity index is 4.67. The molecule has 0 aromatic heterocycles. The number of carbonyl (C=O) groups is 2. The lowest BCUT2D eigenvalue weighted by Gasteiger charge is -2.26. The normalized spacial score (nSPS) is 13.5. The zero-order chi connectivity index (χ0) is 12.8. The van der Waals surface area contributed by atoms with Crippen molar-refractivity contribution in [2.45, 2.75) is 26.8 Å². The second-order valence-electron chi connectivity index (χ2n) is 3.98. The van der Waals surface area contributed by atoms with E-state index in [-0.39, 0.29) is 12.4 Å². The molecule has 0 rings (SSSR count). The largest absolute Gasteiger partial charge is 0.460 e. The summed E-state index contributed by atoms with van der Waals surface area (Å²) in [4.78, 5) is 23.2. The lowest BCUT2D eigenvalue weighted by Crippen LogP contribution is -2.48. The smallest absolute Gasteiger partial charge is 0.324 e. The van der Waals surface area contributed by atoms with E-state index in [1.807, 2.05) is 0 Å². The van der Waals surface area contributed by atoms with Crippen LogP contribution in [0.15, 0.2) is 24.8 Å². The molecule has 0 aliphatic carbocycles. The first-order valence-electron chi connectivity index (χ1n) is 5.08. The summed E-state index contributed by atoms with van der Waals surface area (Å²) in [5.74, 6) is -0.791. The van der Waals surface area contributed by atoms with Crippen molar-refractivity contribution < 1.29 is 14.3 Å². The van der Waals surface area contributed by atoms with Crippen LogP contribution in [0.25, 0.3) is 0 Å². The Morgan fingerprint density at radius 3 is 2.50 bits per heavy atom. The summed E-state index contributed by atoms with van der Waals surface area (Å²) in [6.07, 6.45) is 4.47. The van der Waals surface area contributed by atoms with Crippen molar-refractivity contribution in [3.8, 4) is 0 Å². The fourth-order valence-electron chi connectivity index (χ4n) is 1.04. The number of nitrogens with two attached hydrogens (primary N) is 1. The topological polar surface area (TPSA) is 69.4 Å². The predicted octanol–water partition coefficient (Wildman–Crippen LogP) is 1.21. The summed E-state index contributed by atoms with van der Waals surface area (Å²) in [6, 6.07) is -0.976. The standard InChI is InChI=1S/C12H19NO3/c1-5-7-9(14)12(3,4)10(13)11(15)16-8-6-2/h5-7,10H,2,8,13H2,1,3-4H3/t10-/m1/s1. The molecular weight excluding hydrogens is 206 g/mol. The molecule has 0 aliphatic heterocycles. The Bertz CT molecular complexity index is 305. The van der Waals surface area contributed by atoms with E-state index in [0.717, 1.165) is 0 Å². The van der Waals surface area contributed by atoms with Gasteiger partial charge in [-0.3, -0.25) is 9.59 Å². The molecule has 0 bridgehead atoms. The van der Waals surface area contributed by atoms with Gasteiger partial charge in [-0.1, -0.05) is 32.6 Å². The Hall–Kier alpha value is -1.42. The fourth-order valence-corrected chi connectivity index (χ4v) is 1.04. The van der Waals surface area contributed by atoms with Crippen molar-refractivity contribution in [2.75, 3.05) is 6.61 Å². The molecule has 0 fully saturated rings. The molecule has 2 N–H and O–H groups in total. The fraction of sp³-hybridized carbons (Fsp3) is 0.500. The molecule has 4 heteroatoms. The van der Waals surface area contributed by atoms with E-state index in [0.29, 0.717) is 0 Å². The van der Waals surface area contributed by atoms with Crippen LogP contribution in [-0.4, -0.2) is 24.4 Å². The quantitative estimate of drug-likeness (QED) is 0.419. The predicted molar refractivity (Wildman–Crippen MR) is 62.7 cm³/mol. The van der Waals surface area contributed by atoms with Crippen LogP contribution in [0.3, 0.4) is 0 Å². The van der Waals surface area contributed by atoms with Crippen LogP contribution in [0.1, 0.15) is 20.8 Å². The van der Waals surface area contributed by atoms with Crippen LogP contribution in [0.5, 0.6) is 0 Å². The maximum Gasteiger partial charge on any atom is 0.324 e. The van der Waals surface area contributed by atoms with E-state index in [1.165, 1.54) is 12.2 Å². The highest BCUT2D eigenvalue weighted by molar-refractivity contribution is 5.98. The minimum Gasteiger partial charge on any atom is -0.460 e. The van der Waals surface area contributed by atoms with Crippen molar-refractivity contribution >= 4 is 11.8 Å². The van der Waals surface area contributed by atoms with E-state index in [4.69, 9.17) is 10.5 Å². The molecule has 1 atom stereocenters. The molecule has 0 aliphatic rings. The maximum atomic E-state index is 11.7. The number of ketones is 1. The lowest BCUT2D eigenvalue weighted by atomic mass is 9.80. The highest BCUT2D eigenvalue weighted by Crippen LogP contribution is 2.22. The Labute approximate surface area is 96.2 Å². The summed E-state index contributed by atoms with van der Waals surface area (Å²) in [6.45, 7) is 8.49. The van der Waals surface area contributed by atoms with E-state index >= 15 is 0 Å². The lowest BCUT2D eigenvalue weighted by molar-refractivity contribution is -0.149. The minimum absolute atomic E-state index is 0.0976. The summed E-state index contributed by atoms with van der Waals surface area (Å²) in [5.41, 5.74) is 4.74. The minimum atomic E-state index is -0.976. The van der Waals surface area contributed by atoms with Crippen LogP contribution < -0.4 is 5.73 Å². The van der Waals surface area contributed by atoms with Gasteiger partial charge in [0.1, 0.15) is 12.6 Å². The first kappa shape index (κ1) is 14.6. The first-order valence-corrected chi connectivity index (χ1v) is 5.08. The molecule has 0 heterocycles. The molecule has 0 saturated heterocycles. The third kappa shape index (κ3) is 3.62. The zero-order valence-electron chi connectivity index (χ0n) is 10.0. The zero-order valence-corrected chi connectivity index (χ0v) is 10.0. The summed E-state index contributed by atoms with van der Waals surface area (Å²) < 4.78 is 4.81. The van der Waals surface area contributed by atoms with Crippen molar-refractivity contribution in [1.29, 1.82) is 0 Å². The van der Waals surface area contributed by atoms with E-state index in [2.05, 4.69) is 6.58 Å². The van der Waals surface area contributed by atoms with Gasteiger partial charge in [0.15, 0.2) is 5.78 Å². The number of carbonyl (C=O) groups excluding carboxylic acids is 2. The second-order valence-corrected chi connectivity index (χ2v) is 3.98. The number of rotatable bonds is 6. The average molecular weight is 225 g/mol. The van der Waals surface area contributed by atoms with E-state index < -0.39 is 17.4 Å². The van der Waals surface area contributed by atoms with Crippen molar-refractivity contribution in [2.24, 2.45) is 11.1 Å². The summed E-state index contributed by atoms with van der Waals surface area (Å²) in [7, 11) is 0. The molecule has 0 saturated carbocycles. The van der Waals surface area contributed by atoms with Crippen LogP contribution in [0.4, 0.5) is 0 Å². The van der Waals surface area contributed by atoms with Gasteiger partial charge in [0.05, 0.1) is 5.41 Å². The number of esters is 1. The molecule has 0 aromatic rings. The Morgan fingerprint density at radius 1 is 1.50 bits per heavy atom. The van der Waals surface area contributed by atoms with E-state index in [9.17, 15) is 9.59 Å². The highest BCUT2D eigenvalue weighted by atomic mass is 16.5. The molecule has 90 valence electrons. The highest BCUT2D eigenvalue weighted by Gasteiger charge is 2.38. The van der Waals surface area contributed by atoms with Gasteiger partial charge in [0, 0.05) is 0 Å². The van der Waals surface area contributed by atoms with Gasteiger partial charge >= 0.3 is 5.97 Å². The third-order valence-electron chi connectivity index (χ3n) is 2.33. The van der Waals surface area contributed by atoms with Gasteiger partial charge in [0.2, 0.25) is 0 Å². The van der Waals surface area contributed by atoms with Crippen LogP contribution in [0, 0.1) is 5.41 Å². The monoisotopic (exact) mass is 225 g/mol. The summed E-state index contributed by atoms with van der Waals surface area (Å²) >= 11 is 0. The molecule has 16 heavy (non-hydrogen) atoms. The second kappa shape index (κ2) is 6.23. The van der Waals surface area contributed by atoms with E-state index in [1.54, 1.807) is 26.8 Å². The number of ether oxygens (including phenoxy) is 1. The van der Waals surface area contributed by atoms with Crippen molar-refractivity contribution in [3.05, 3.63) is 24.8 Å². The molecule has 0 amide bonds. The Morgan fingerprint density at radius 2 is 2.06 bits per heavy atom. The average Bonchev–Trinajstić information content (AvgIpc) is 2.24. The third-order valence-corrected chi connectivity index (χ3v) is 2.33.